The van der Waals surface area contributed by atoms with Crippen LogP contribution in [0.4, 0.5) is 5.69 Å². The third-order valence-corrected chi connectivity index (χ3v) is 9.08. The van der Waals surface area contributed by atoms with E-state index in [4.69, 9.17) is 23.2 Å². The highest BCUT2D eigenvalue weighted by molar-refractivity contribution is 7.93. The molecule has 0 aromatic heterocycles. The number of nitrogens with one attached hydrogen (secondary N) is 2. The second-order valence-corrected chi connectivity index (χ2v) is 12.0. The molecule has 1 fully saturated rings. The molecule has 3 aromatic rings. The Balaban J connectivity index is 0.00000484. The monoisotopic (exact) mass is 652 g/mol. The normalized spacial score (nSPS) is 13.5. The van der Waals surface area contributed by atoms with E-state index in [-0.39, 0.29) is 57.6 Å². The number of hydrogen-bond acceptors (Lipinski definition) is 6. The van der Waals surface area contributed by atoms with Gasteiger partial charge in [0.05, 0.1) is 27.7 Å². The average Bonchev–Trinajstić information content (AvgIpc) is 2.97. The van der Waals surface area contributed by atoms with Crippen molar-refractivity contribution in [3.8, 4) is 0 Å². The first-order valence-corrected chi connectivity index (χ1v) is 15.3. The first kappa shape index (κ1) is 33.4. The quantitative estimate of drug-likeness (QED) is 0.344. The minimum Gasteiger partial charge on any atom is -0.343 e. The van der Waals surface area contributed by atoms with Crippen LogP contribution >= 0.6 is 35.6 Å². The molecule has 9 nitrogen and oxygen atoms in total. The van der Waals surface area contributed by atoms with Gasteiger partial charge in [-0.25, -0.2) is 8.42 Å². The fourth-order valence-electron chi connectivity index (χ4n) is 4.70. The van der Waals surface area contributed by atoms with Crippen molar-refractivity contribution in [2.24, 2.45) is 0 Å². The van der Waals surface area contributed by atoms with E-state index in [2.05, 4.69) is 10.6 Å². The summed E-state index contributed by atoms with van der Waals surface area (Å²) in [7, 11) is -4.43. The summed E-state index contributed by atoms with van der Waals surface area (Å²) in [6.45, 7) is 3.97. The molecule has 0 saturated carbocycles. The predicted octanol–water partition coefficient (Wildman–Crippen LogP) is 4.78. The SMILES string of the molecule is CCN(C(=O)CNC(=O)c1ccc(S(=O)(=O)N(C(=O)c2ccc(Cl)cc2Cl)c2ccccc2)cc1)C1CCNCC1.Cl. The van der Waals surface area contributed by atoms with Crippen molar-refractivity contribution in [2.45, 2.75) is 30.7 Å². The highest BCUT2D eigenvalue weighted by Crippen LogP contribution is 2.29. The maximum Gasteiger partial charge on any atom is 0.273 e. The summed E-state index contributed by atoms with van der Waals surface area (Å²) >= 11 is 12.2. The highest BCUT2D eigenvalue weighted by Gasteiger charge is 2.33. The number of amides is 3. The zero-order valence-corrected chi connectivity index (χ0v) is 25.9. The van der Waals surface area contributed by atoms with Gasteiger partial charge in [0.15, 0.2) is 0 Å². The van der Waals surface area contributed by atoms with Gasteiger partial charge in [0.2, 0.25) is 5.91 Å². The summed E-state index contributed by atoms with van der Waals surface area (Å²) in [5, 5.41) is 6.19. The molecule has 42 heavy (non-hydrogen) atoms. The molecule has 1 saturated heterocycles. The molecule has 0 aliphatic carbocycles. The highest BCUT2D eigenvalue weighted by atomic mass is 35.5. The number of piperidine rings is 1. The van der Waals surface area contributed by atoms with Gasteiger partial charge in [0.1, 0.15) is 0 Å². The number of nitrogens with zero attached hydrogens (tertiary/aromatic N) is 2. The number of hydrogen-bond donors (Lipinski definition) is 2. The first-order chi connectivity index (χ1) is 19.6. The Morgan fingerprint density at radius 3 is 2.19 bits per heavy atom. The number of likely N-dealkylation sites (N-methyl/N-ethyl adjacent to an activating group) is 1. The molecule has 0 spiro atoms. The number of para-hydroxylation sites is 1. The van der Waals surface area contributed by atoms with E-state index in [1.165, 1.54) is 54.6 Å². The topological polar surface area (TPSA) is 116 Å². The molecule has 1 aliphatic heterocycles. The molecule has 0 radical (unpaired) electrons. The molecule has 1 aliphatic rings. The van der Waals surface area contributed by atoms with Crippen molar-refractivity contribution in [1.29, 1.82) is 0 Å². The Morgan fingerprint density at radius 2 is 1.60 bits per heavy atom. The van der Waals surface area contributed by atoms with Gasteiger partial charge < -0.3 is 15.5 Å². The van der Waals surface area contributed by atoms with E-state index < -0.39 is 21.8 Å². The van der Waals surface area contributed by atoms with Crippen LogP contribution in [-0.2, 0) is 14.8 Å². The summed E-state index contributed by atoms with van der Waals surface area (Å²) < 4.78 is 28.2. The second kappa shape index (κ2) is 14.8. The first-order valence-electron chi connectivity index (χ1n) is 13.1. The standard InChI is InChI=1S/C29H30Cl2N4O5S.ClH/c1-2-34(22-14-16-32-17-15-22)27(36)19-33-28(37)20-8-11-24(12-9-20)41(39,40)35(23-6-4-3-5-7-23)29(38)25-13-10-21(30)18-26(25)31;/h3-13,18,22,32H,2,14-17,19H2,1H3,(H,33,37);1H. The van der Waals surface area contributed by atoms with Gasteiger partial charge in [-0.15, -0.1) is 12.4 Å². The third-order valence-electron chi connectivity index (χ3n) is 6.80. The summed E-state index contributed by atoms with van der Waals surface area (Å²) in [6.07, 6.45) is 1.71. The van der Waals surface area contributed by atoms with Crippen molar-refractivity contribution in [3.63, 3.8) is 0 Å². The third kappa shape index (κ3) is 7.62. The van der Waals surface area contributed by atoms with Gasteiger partial charge in [0, 0.05) is 23.2 Å². The Labute approximate surface area is 261 Å². The van der Waals surface area contributed by atoms with Gasteiger partial charge >= 0.3 is 0 Å². The van der Waals surface area contributed by atoms with Crippen molar-refractivity contribution >= 4 is 69.0 Å². The average molecular weight is 654 g/mol. The molecule has 0 bridgehead atoms. The van der Waals surface area contributed by atoms with Crippen LogP contribution in [0.5, 0.6) is 0 Å². The molecule has 1 heterocycles. The van der Waals surface area contributed by atoms with Crippen LogP contribution in [0.1, 0.15) is 40.5 Å². The molecular formula is C29H31Cl3N4O5S. The van der Waals surface area contributed by atoms with E-state index in [0.717, 1.165) is 25.9 Å². The van der Waals surface area contributed by atoms with Crippen LogP contribution in [0.25, 0.3) is 0 Å². The Hall–Kier alpha value is -3.15. The van der Waals surface area contributed by atoms with E-state index in [1.54, 1.807) is 23.1 Å². The Morgan fingerprint density at radius 1 is 0.952 bits per heavy atom. The van der Waals surface area contributed by atoms with Gasteiger partial charge in [-0.3, -0.25) is 14.4 Å². The van der Waals surface area contributed by atoms with Crippen LogP contribution in [-0.4, -0.2) is 63.3 Å². The van der Waals surface area contributed by atoms with E-state index in [1.807, 2.05) is 6.92 Å². The zero-order valence-electron chi connectivity index (χ0n) is 22.8. The number of sulfonamides is 1. The van der Waals surface area contributed by atoms with Crippen LogP contribution in [0.3, 0.4) is 0 Å². The van der Waals surface area contributed by atoms with E-state index >= 15 is 0 Å². The Kier molecular flexibility index (Phi) is 11.8. The zero-order chi connectivity index (χ0) is 29.6. The van der Waals surface area contributed by atoms with Crippen LogP contribution in [0, 0.1) is 0 Å². The maximum absolute atomic E-state index is 13.8. The fourth-order valence-corrected chi connectivity index (χ4v) is 6.60. The summed E-state index contributed by atoms with van der Waals surface area (Å²) in [6, 6.07) is 17.3. The van der Waals surface area contributed by atoms with Crippen molar-refractivity contribution in [1.82, 2.24) is 15.5 Å². The lowest BCUT2D eigenvalue weighted by Gasteiger charge is -2.34. The van der Waals surface area contributed by atoms with Crippen LogP contribution in [0.15, 0.2) is 77.7 Å². The molecule has 224 valence electrons. The minimum atomic E-state index is -4.43. The van der Waals surface area contributed by atoms with E-state index in [0.29, 0.717) is 15.9 Å². The molecule has 3 aromatic carbocycles. The minimum absolute atomic E-state index is 0. The van der Waals surface area contributed by atoms with Crippen molar-refractivity contribution in [2.75, 3.05) is 30.5 Å². The van der Waals surface area contributed by atoms with Crippen molar-refractivity contribution < 1.29 is 22.8 Å². The summed E-state index contributed by atoms with van der Waals surface area (Å²) in [4.78, 5) is 40.7. The number of rotatable bonds is 9. The van der Waals surface area contributed by atoms with Gasteiger partial charge in [-0.2, -0.15) is 4.31 Å². The number of halogens is 3. The van der Waals surface area contributed by atoms with Crippen LogP contribution < -0.4 is 14.9 Å². The lowest BCUT2D eigenvalue weighted by molar-refractivity contribution is -0.132. The summed E-state index contributed by atoms with van der Waals surface area (Å²) in [5.41, 5.74) is 0.229. The predicted molar refractivity (Wildman–Crippen MR) is 166 cm³/mol. The molecular weight excluding hydrogens is 623 g/mol. The number of anilines is 1. The number of carbonyl (C=O) groups is 3. The van der Waals surface area contributed by atoms with Gasteiger partial charge in [-0.1, -0.05) is 41.4 Å². The fraction of sp³-hybridized carbons (Fsp3) is 0.276. The summed E-state index contributed by atoms with van der Waals surface area (Å²) in [5.74, 6) is -1.56. The molecule has 13 heteroatoms. The molecule has 2 N–H and O–H groups in total. The van der Waals surface area contributed by atoms with Gasteiger partial charge in [-0.05, 0) is 87.5 Å². The second-order valence-electron chi connectivity index (χ2n) is 9.40. The Bertz CT molecular complexity index is 1520. The lowest BCUT2D eigenvalue weighted by atomic mass is 10.0. The van der Waals surface area contributed by atoms with Crippen LogP contribution in [0.2, 0.25) is 10.0 Å². The number of benzene rings is 3. The molecule has 3 amide bonds. The van der Waals surface area contributed by atoms with Gasteiger partial charge in [0.25, 0.3) is 21.8 Å². The lowest BCUT2D eigenvalue weighted by Crippen LogP contribution is -2.49. The molecule has 4 rings (SSSR count). The van der Waals surface area contributed by atoms with E-state index in [9.17, 15) is 22.8 Å². The number of carbonyl (C=O) groups excluding carboxylic acids is 3. The molecule has 0 atom stereocenters. The van der Waals surface area contributed by atoms with Crippen molar-refractivity contribution in [3.05, 3.63) is 94.0 Å². The molecule has 0 unspecified atom stereocenters. The largest absolute Gasteiger partial charge is 0.343 e. The smallest absolute Gasteiger partial charge is 0.273 e. The maximum atomic E-state index is 13.8.